The first-order valence-corrected chi connectivity index (χ1v) is 8.25. The molecule has 3 nitrogen and oxygen atoms in total. The van der Waals surface area contributed by atoms with Crippen LogP contribution in [0.4, 0.5) is 5.69 Å². The van der Waals surface area contributed by atoms with Gasteiger partial charge >= 0.3 is 0 Å². The van der Waals surface area contributed by atoms with Gasteiger partial charge in [-0.1, -0.05) is 54.1 Å². The lowest BCUT2D eigenvalue weighted by molar-refractivity contribution is -0.125. The maximum atomic E-state index is 12.7. The Balaban J connectivity index is 1.81. The molecular weight excluding hydrogens is 322 g/mol. The van der Waals surface area contributed by atoms with Crippen molar-refractivity contribution in [1.29, 1.82) is 0 Å². The second-order valence-electron chi connectivity index (χ2n) is 5.93. The molecule has 120 valence electrons. The van der Waals surface area contributed by atoms with Crippen molar-refractivity contribution in [3.05, 3.63) is 71.2 Å². The van der Waals surface area contributed by atoms with Crippen LogP contribution in [-0.2, 0) is 11.3 Å². The summed E-state index contributed by atoms with van der Waals surface area (Å²) in [5.41, 5.74) is 1.82. The maximum absolute atomic E-state index is 12.7. The van der Waals surface area contributed by atoms with Crippen LogP contribution in [0.25, 0.3) is 10.8 Å². The summed E-state index contributed by atoms with van der Waals surface area (Å²) in [5.74, 6) is 0.629. The van der Waals surface area contributed by atoms with Gasteiger partial charge in [-0.25, -0.2) is 0 Å². The molecule has 1 aliphatic heterocycles. The zero-order valence-corrected chi connectivity index (χ0v) is 14.0. The highest BCUT2D eigenvalue weighted by Crippen LogP contribution is 2.37. The van der Waals surface area contributed by atoms with Crippen molar-refractivity contribution in [1.82, 2.24) is 0 Å². The van der Waals surface area contributed by atoms with E-state index in [4.69, 9.17) is 16.3 Å². The summed E-state index contributed by atoms with van der Waals surface area (Å²) in [6.07, 6.45) is -0.506. The molecule has 3 aromatic rings. The third-order valence-corrected chi connectivity index (χ3v) is 4.57. The van der Waals surface area contributed by atoms with Crippen LogP contribution in [0.3, 0.4) is 0 Å². The van der Waals surface area contributed by atoms with Crippen molar-refractivity contribution in [3.63, 3.8) is 0 Å². The Hall–Kier alpha value is -2.52. The second kappa shape index (κ2) is 5.84. The van der Waals surface area contributed by atoms with Crippen LogP contribution in [0.15, 0.2) is 60.7 Å². The molecule has 0 fully saturated rings. The molecule has 24 heavy (non-hydrogen) atoms. The number of rotatable bonds is 2. The van der Waals surface area contributed by atoms with Crippen LogP contribution < -0.4 is 9.64 Å². The average Bonchev–Trinajstić information content (AvgIpc) is 2.60. The third-order valence-electron chi connectivity index (χ3n) is 4.34. The monoisotopic (exact) mass is 337 g/mol. The standard InChI is InChI=1S/C20H16ClNO2/c1-13-20(23)22(18-11-16(21)9-10-19(18)24-13)12-15-7-4-6-14-5-2-3-8-17(14)15/h2-11,13H,12H2,1H3. The lowest BCUT2D eigenvalue weighted by Crippen LogP contribution is -2.44. The molecule has 1 heterocycles. The number of carbonyl (C=O) groups excluding carboxylic acids is 1. The van der Waals surface area contributed by atoms with Gasteiger partial charge in [0, 0.05) is 5.02 Å². The quantitative estimate of drug-likeness (QED) is 0.671. The third kappa shape index (κ3) is 2.51. The van der Waals surface area contributed by atoms with E-state index in [2.05, 4.69) is 24.3 Å². The zero-order valence-electron chi connectivity index (χ0n) is 13.2. The Morgan fingerprint density at radius 1 is 1.08 bits per heavy atom. The van der Waals surface area contributed by atoms with Gasteiger partial charge in [-0.05, 0) is 41.5 Å². The largest absolute Gasteiger partial charge is 0.479 e. The summed E-state index contributed by atoms with van der Waals surface area (Å²) in [5, 5.41) is 2.90. The molecule has 1 atom stereocenters. The maximum Gasteiger partial charge on any atom is 0.268 e. The van der Waals surface area contributed by atoms with Crippen molar-refractivity contribution < 1.29 is 9.53 Å². The van der Waals surface area contributed by atoms with E-state index < -0.39 is 6.10 Å². The van der Waals surface area contributed by atoms with Crippen molar-refractivity contribution in [3.8, 4) is 5.75 Å². The first-order chi connectivity index (χ1) is 11.6. The fourth-order valence-electron chi connectivity index (χ4n) is 3.14. The summed E-state index contributed by atoms with van der Waals surface area (Å²) in [6.45, 7) is 2.26. The minimum atomic E-state index is -0.506. The highest BCUT2D eigenvalue weighted by molar-refractivity contribution is 6.31. The SMILES string of the molecule is CC1Oc2ccc(Cl)cc2N(Cc2cccc3ccccc23)C1=O. The van der Waals surface area contributed by atoms with Gasteiger partial charge in [0.2, 0.25) is 0 Å². The molecule has 0 aromatic heterocycles. The van der Waals surface area contributed by atoms with E-state index in [1.165, 1.54) is 0 Å². The smallest absolute Gasteiger partial charge is 0.268 e. The highest BCUT2D eigenvalue weighted by Gasteiger charge is 2.31. The predicted molar refractivity (Wildman–Crippen MR) is 96.7 cm³/mol. The average molecular weight is 338 g/mol. The number of hydrogen-bond acceptors (Lipinski definition) is 2. The molecule has 0 bridgehead atoms. The van der Waals surface area contributed by atoms with Crippen molar-refractivity contribution in [2.24, 2.45) is 0 Å². The summed E-state index contributed by atoms with van der Waals surface area (Å²) < 4.78 is 5.70. The summed E-state index contributed by atoms with van der Waals surface area (Å²) in [4.78, 5) is 14.5. The predicted octanol–water partition coefficient (Wildman–Crippen LogP) is 4.81. The summed E-state index contributed by atoms with van der Waals surface area (Å²) >= 11 is 6.13. The number of anilines is 1. The highest BCUT2D eigenvalue weighted by atomic mass is 35.5. The normalized spacial score (nSPS) is 16.8. The van der Waals surface area contributed by atoms with Crippen LogP contribution in [0.1, 0.15) is 12.5 Å². The molecule has 4 rings (SSSR count). The fourth-order valence-corrected chi connectivity index (χ4v) is 3.31. The van der Waals surface area contributed by atoms with E-state index in [0.717, 1.165) is 22.0 Å². The van der Waals surface area contributed by atoms with E-state index >= 15 is 0 Å². The molecule has 1 amide bonds. The Kier molecular flexibility index (Phi) is 3.66. The van der Waals surface area contributed by atoms with Gasteiger partial charge in [0.1, 0.15) is 5.75 Å². The first kappa shape index (κ1) is 15.0. The molecule has 3 aromatic carbocycles. The number of amides is 1. The lowest BCUT2D eigenvalue weighted by Gasteiger charge is -2.33. The molecule has 0 spiro atoms. The molecule has 0 aliphatic carbocycles. The van der Waals surface area contributed by atoms with Gasteiger partial charge in [-0.2, -0.15) is 0 Å². The number of nitrogens with zero attached hydrogens (tertiary/aromatic N) is 1. The van der Waals surface area contributed by atoms with Gasteiger partial charge < -0.3 is 9.64 Å². The van der Waals surface area contributed by atoms with Crippen LogP contribution in [-0.4, -0.2) is 12.0 Å². The number of halogens is 1. The molecule has 1 aliphatic rings. The zero-order chi connectivity index (χ0) is 16.7. The van der Waals surface area contributed by atoms with Crippen LogP contribution in [0, 0.1) is 0 Å². The number of ether oxygens (including phenoxy) is 1. The Morgan fingerprint density at radius 3 is 2.75 bits per heavy atom. The minimum absolute atomic E-state index is 0.0577. The number of carbonyl (C=O) groups is 1. The molecule has 4 heteroatoms. The molecule has 0 radical (unpaired) electrons. The van der Waals surface area contributed by atoms with Crippen LogP contribution in [0.5, 0.6) is 5.75 Å². The van der Waals surface area contributed by atoms with E-state index in [0.29, 0.717) is 17.3 Å². The van der Waals surface area contributed by atoms with Crippen molar-refractivity contribution >= 4 is 34.0 Å². The van der Waals surface area contributed by atoms with Crippen LogP contribution >= 0.6 is 11.6 Å². The van der Waals surface area contributed by atoms with E-state index in [9.17, 15) is 4.79 Å². The molecular formula is C20H16ClNO2. The van der Waals surface area contributed by atoms with Gasteiger partial charge in [0.05, 0.1) is 12.2 Å². The summed E-state index contributed by atoms with van der Waals surface area (Å²) in [6, 6.07) is 19.7. The Labute approximate surface area is 145 Å². The summed E-state index contributed by atoms with van der Waals surface area (Å²) in [7, 11) is 0. The molecule has 0 saturated carbocycles. The first-order valence-electron chi connectivity index (χ1n) is 7.88. The Morgan fingerprint density at radius 2 is 1.88 bits per heavy atom. The molecule has 0 N–H and O–H groups in total. The Bertz CT molecular complexity index is 933. The van der Waals surface area contributed by atoms with E-state index in [-0.39, 0.29) is 5.91 Å². The molecule has 0 saturated heterocycles. The second-order valence-corrected chi connectivity index (χ2v) is 6.37. The fraction of sp³-hybridized carbons (Fsp3) is 0.150. The lowest BCUT2D eigenvalue weighted by atomic mass is 10.0. The van der Waals surface area contributed by atoms with Gasteiger partial charge in [-0.3, -0.25) is 4.79 Å². The number of fused-ring (bicyclic) bond motifs is 2. The van der Waals surface area contributed by atoms with Gasteiger partial charge in [0.15, 0.2) is 6.10 Å². The number of benzene rings is 3. The van der Waals surface area contributed by atoms with Crippen molar-refractivity contribution in [2.45, 2.75) is 19.6 Å². The minimum Gasteiger partial charge on any atom is -0.479 e. The van der Waals surface area contributed by atoms with Gasteiger partial charge in [-0.15, -0.1) is 0 Å². The van der Waals surface area contributed by atoms with E-state index in [1.54, 1.807) is 24.0 Å². The van der Waals surface area contributed by atoms with Gasteiger partial charge in [0.25, 0.3) is 5.91 Å². The molecule has 1 unspecified atom stereocenters. The topological polar surface area (TPSA) is 29.5 Å². The number of hydrogen-bond donors (Lipinski definition) is 0. The van der Waals surface area contributed by atoms with E-state index in [1.807, 2.05) is 24.3 Å². The van der Waals surface area contributed by atoms with Crippen molar-refractivity contribution in [2.75, 3.05) is 4.90 Å². The van der Waals surface area contributed by atoms with Crippen LogP contribution in [0.2, 0.25) is 5.02 Å².